The van der Waals surface area contributed by atoms with E-state index in [0.717, 1.165) is 11.1 Å². The van der Waals surface area contributed by atoms with Gasteiger partial charge >= 0.3 is 0 Å². The van der Waals surface area contributed by atoms with Gasteiger partial charge in [-0.2, -0.15) is 0 Å². The summed E-state index contributed by atoms with van der Waals surface area (Å²) in [6.07, 6.45) is 6.20. The van der Waals surface area contributed by atoms with Gasteiger partial charge in [0.15, 0.2) is 9.84 Å². The number of carbonyl (C=O) groups is 1. The van der Waals surface area contributed by atoms with Crippen LogP contribution in [0.1, 0.15) is 41.7 Å². The van der Waals surface area contributed by atoms with Crippen molar-refractivity contribution in [1.29, 1.82) is 0 Å². The van der Waals surface area contributed by atoms with Crippen molar-refractivity contribution in [3.8, 4) is 0 Å². The zero-order valence-electron chi connectivity index (χ0n) is 17.6. The summed E-state index contributed by atoms with van der Waals surface area (Å²) in [6.45, 7) is 4.05. The van der Waals surface area contributed by atoms with Crippen LogP contribution in [0.4, 0.5) is 0 Å². The summed E-state index contributed by atoms with van der Waals surface area (Å²) in [5.74, 6) is -0.0512. The third-order valence-corrected chi connectivity index (χ3v) is 7.11. The van der Waals surface area contributed by atoms with Gasteiger partial charge in [-0.05, 0) is 46.9 Å². The van der Waals surface area contributed by atoms with Crippen molar-refractivity contribution in [2.75, 3.05) is 6.54 Å². The van der Waals surface area contributed by atoms with E-state index in [9.17, 15) is 13.2 Å². The van der Waals surface area contributed by atoms with E-state index in [1.807, 2.05) is 42.5 Å². The van der Waals surface area contributed by atoms with Crippen LogP contribution in [0.5, 0.6) is 0 Å². The Morgan fingerprint density at radius 3 is 2.29 bits per heavy atom. The van der Waals surface area contributed by atoms with Gasteiger partial charge in [0.05, 0.1) is 4.90 Å². The normalized spacial score (nSPS) is 12.7. The first-order valence-electron chi connectivity index (χ1n) is 10.1. The quantitative estimate of drug-likeness (QED) is 0.528. The molecule has 3 rings (SSSR count). The second-order valence-corrected chi connectivity index (χ2v) is 9.66. The Hall–Kier alpha value is -3.25. The number of nitrogens with zero attached hydrogens (tertiary/aromatic N) is 1. The Labute approximate surface area is 183 Å². The maximum absolute atomic E-state index is 13.4. The van der Waals surface area contributed by atoms with Gasteiger partial charge in [0.25, 0.3) is 0 Å². The zero-order chi connectivity index (χ0) is 22.3. The predicted octanol–water partition coefficient (Wildman–Crippen LogP) is 4.55. The Kier molecular flexibility index (Phi) is 7.36. The van der Waals surface area contributed by atoms with Gasteiger partial charge in [0.1, 0.15) is 5.25 Å². The molecule has 0 aliphatic carbocycles. The molecule has 0 bridgehead atoms. The van der Waals surface area contributed by atoms with E-state index in [-0.39, 0.29) is 17.3 Å². The lowest BCUT2D eigenvalue weighted by molar-refractivity contribution is -0.116. The van der Waals surface area contributed by atoms with Gasteiger partial charge < -0.3 is 5.32 Å². The summed E-state index contributed by atoms with van der Waals surface area (Å²) < 4.78 is 26.8. The highest BCUT2D eigenvalue weighted by Crippen LogP contribution is 2.29. The number of sulfone groups is 1. The number of hydrogen-bond acceptors (Lipinski definition) is 4. The molecule has 160 valence electrons. The average molecular weight is 435 g/mol. The number of rotatable bonds is 8. The van der Waals surface area contributed by atoms with Gasteiger partial charge in [-0.25, -0.2) is 8.42 Å². The molecule has 1 unspecified atom stereocenters. The molecule has 0 aliphatic heterocycles. The summed E-state index contributed by atoms with van der Waals surface area (Å²) in [6, 6.07) is 19.8. The largest absolute Gasteiger partial charge is 0.351 e. The van der Waals surface area contributed by atoms with Crippen molar-refractivity contribution in [2.45, 2.75) is 29.9 Å². The number of pyridine rings is 1. The lowest BCUT2D eigenvalue weighted by Gasteiger charge is -2.19. The fourth-order valence-corrected chi connectivity index (χ4v) is 4.81. The average Bonchev–Trinajstić information content (AvgIpc) is 2.79. The highest BCUT2D eigenvalue weighted by molar-refractivity contribution is 7.91. The summed E-state index contributed by atoms with van der Waals surface area (Å²) in [5.41, 5.74) is 2.48. The minimum Gasteiger partial charge on any atom is -0.351 e. The van der Waals surface area contributed by atoms with Crippen LogP contribution in [0, 0.1) is 0 Å². The third-order valence-electron chi connectivity index (χ3n) is 4.99. The van der Waals surface area contributed by atoms with Crippen LogP contribution >= 0.6 is 0 Å². The second-order valence-electron chi connectivity index (χ2n) is 7.53. The molecule has 3 aromatic rings. The minimum atomic E-state index is -3.74. The summed E-state index contributed by atoms with van der Waals surface area (Å²) in [5, 5.41) is 1.78. The topological polar surface area (TPSA) is 76.1 Å². The predicted molar refractivity (Wildman–Crippen MR) is 123 cm³/mol. The third kappa shape index (κ3) is 5.89. The van der Waals surface area contributed by atoms with Crippen molar-refractivity contribution in [2.24, 2.45) is 0 Å². The Bertz CT molecular complexity index is 1120. The highest BCUT2D eigenvalue weighted by atomic mass is 32.2. The fraction of sp³-hybridized carbons (Fsp3) is 0.200. The van der Waals surface area contributed by atoms with E-state index < -0.39 is 15.1 Å². The number of amides is 1. The molecule has 5 nitrogen and oxygen atoms in total. The molecule has 1 atom stereocenters. The number of nitrogens with one attached hydrogen (secondary N) is 1. The van der Waals surface area contributed by atoms with E-state index >= 15 is 0 Å². The maximum atomic E-state index is 13.4. The van der Waals surface area contributed by atoms with Gasteiger partial charge in [-0.1, -0.05) is 62.4 Å². The molecular weight excluding hydrogens is 408 g/mol. The molecule has 0 fully saturated rings. The number of benzene rings is 2. The zero-order valence-corrected chi connectivity index (χ0v) is 18.4. The molecule has 1 heterocycles. The second kappa shape index (κ2) is 10.2. The van der Waals surface area contributed by atoms with Crippen molar-refractivity contribution in [3.63, 3.8) is 0 Å². The molecule has 1 N–H and O–H groups in total. The van der Waals surface area contributed by atoms with Crippen LogP contribution in [-0.2, 0) is 14.6 Å². The molecule has 0 radical (unpaired) electrons. The summed E-state index contributed by atoms with van der Waals surface area (Å²) >= 11 is 0. The van der Waals surface area contributed by atoms with Gasteiger partial charge in [-0.3, -0.25) is 9.78 Å². The monoisotopic (exact) mass is 434 g/mol. The molecule has 0 saturated carbocycles. The fourth-order valence-electron chi connectivity index (χ4n) is 3.17. The molecule has 0 saturated heterocycles. The maximum Gasteiger partial charge on any atom is 0.244 e. The van der Waals surface area contributed by atoms with Crippen LogP contribution in [0.15, 0.2) is 90.1 Å². The van der Waals surface area contributed by atoms with Gasteiger partial charge in [0.2, 0.25) is 5.91 Å². The lowest BCUT2D eigenvalue weighted by Crippen LogP contribution is -2.31. The van der Waals surface area contributed by atoms with Crippen molar-refractivity contribution in [3.05, 3.63) is 102 Å². The van der Waals surface area contributed by atoms with Crippen LogP contribution in [0.3, 0.4) is 0 Å². The summed E-state index contributed by atoms with van der Waals surface area (Å²) in [4.78, 5) is 16.6. The molecule has 0 spiro atoms. The number of aromatic nitrogens is 1. The molecule has 2 aromatic carbocycles. The molecule has 31 heavy (non-hydrogen) atoms. The van der Waals surface area contributed by atoms with E-state index in [0.29, 0.717) is 11.5 Å². The Morgan fingerprint density at radius 1 is 0.968 bits per heavy atom. The van der Waals surface area contributed by atoms with E-state index in [2.05, 4.69) is 24.1 Å². The molecule has 1 aromatic heterocycles. The Morgan fingerprint density at radius 2 is 1.68 bits per heavy atom. The van der Waals surface area contributed by atoms with Crippen LogP contribution in [0.2, 0.25) is 0 Å². The van der Waals surface area contributed by atoms with Gasteiger partial charge in [0, 0.05) is 25.0 Å². The first-order valence-corrected chi connectivity index (χ1v) is 11.7. The van der Waals surface area contributed by atoms with Gasteiger partial charge in [-0.15, -0.1) is 0 Å². The minimum absolute atomic E-state index is 0.0576. The van der Waals surface area contributed by atoms with E-state index in [4.69, 9.17) is 0 Å². The van der Waals surface area contributed by atoms with Crippen molar-refractivity contribution in [1.82, 2.24) is 10.3 Å². The standard InChI is InChI=1S/C25H26N2O3S/c1-19(2)21-11-13-23(14-12-21)31(29,30)24(22-9-6-16-26-17-22)18-27-25(28)15-10-20-7-4-3-5-8-20/h3-17,19,24H,18H2,1-2H3,(H,27,28)/b15-10+. The van der Waals surface area contributed by atoms with Crippen molar-refractivity contribution < 1.29 is 13.2 Å². The Balaban J connectivity index is 1.81. The van der Waals surface area contributed by atoms with Crippen LogP contribution in [0.25, 0.3) is 6.08 Å². The summed E-state index contributed by atoms with van der Waals surface area (Å²) in [7, 11) is -3.74. The number of carbonyl (C=O) groups excluding carboxylic acids is 1. The number of hydrogen-bond donors (Lipinski definition) is 1. The molecule has 6 heteroatoms. The molecular formula is C25H26N2O3S. The van der Waals surface area contributed by atoms with E-state index in [1.54, 1.807) is 36.5 Å². The molecule has 0 aliphatic rings. The first-order chi connectivity index (χ1) is 14.9. The lowest BCUT2D eigenvalue weighted by atomic mass is 10.0. The van der Waals surface area contributed by atoms with Crippen LogP contribution in [-0.4, -0.2) is 25.9 Å². The van der Waals surface area contributed by atoms with E-state index in [1.165, 1.54) is 12.3 Å². The first kappa shape index (κ1) is 22.4. The smallest absolute Gasteiger partial charge is 0.244 e. The van der Waals surface area contributed by atoms with Crippen LogP contribution < -0.4 is 5.32 Å². The molecule has 1 amide bonds. The highest BCUT2D eigenvalue weighted by Gasteiger charge is 2.29. The van der Waals surface area contributed by atoms with Crippen molar-refractivity contribution >= 4 is 21.8 Å². The SMILES string of the molecule is CC(C)c1ccc(S(=O)(=O)C(CNC(=O)/C=C/c2ccccc2)c2cccnc2)cc1.